The van der Waals surface area contributed by atoms with Crippen molar-refractivity contribution in [3.05, 3.63) is 12.3 Å². The normalized spacial score (nSPS) is 12.3. The van der Waals surface area contributed by atoms with Gasteiger partial charge in [0.25, 0.3) is 0 Å². The maximum Gasteiger partial charge on any atom is 0.0223 e. The molecule has 0 aliphatic rings. The van der Waals surface area contributed by atoms with Gasteiger partial charge in [-0.1, -0.05) is 32.8 Å². The average molecular weight is 167 g/mol. The van der Waals surface area contributed by atoms with Crippen LogP contribution in [0.15, 0.2) is 17.3 Å². The van der Waals surface area contributed by atoms with Crippen molar-refractivity contribution in [2.45, 2.75) is 46.5 Å². The summed E-state index contributed by atoms with van der Waals surface area (Å²) in [5.41, 5.74) is 0. The first-order valence-corrected chi connectivity index (χ1v) is 4.90. The van der Waals surface area contributed by atoms with E-state index in [1.54, 1.807) is 0 Å². The predicted molar refractivity (Wildman–Crippen MR) is 56.6 cm³/mol. The molecule has 0 saturated heterocycles. The molecule has 0 atom stereocenters. The largest absolute Gasteiger partial charge is 0.270 e. The van der Waals surface area contributed by atoms with Gasteiger partial charge in [-0.2, -0.15) is 0 Å². The van der Waals surface area contributed by atoms with Gasteiger partial charge in [0.05, 0.1) is 0 Å². The topological polar surface area (TPSA) is 12.4 Å². The highest BCUT2D eigenvalue weighted by atomic mass is 14.6. The number of rotatable bonds is 6. The maximum absolute atomic E-state index is 4.00. The van der Waals surface area contributed by atoms with Crippen LogP contribution in [0.4, 0.5) is 0 Å². The highest BCUT2D eigenvalue weighted by Crippen LogP contribution is 2.07. The van der Waals surface area contributed by atoms with Gasteiger partial charge in [-0.3, -0.25) is 4.99 Å². The molecule has 0 heterocycles. The lowest BCUT2D eigenvalue weighted by Gasteiger charge is -2.01. The lowest BCUT2D eigenvalue weighted by atomic mass is 10.1. The van der Waals surface area contributed by atoms with E-state index in [4.69, 9.17) is 0 Å². The van der Waals surface area contributed by atoms with Gasteiger partial charge < -0.3 is 0 Å². The third kappa shape index (κ3) is 9.41. The van der Waals surface area contributed by atoms with Crippen LogP contribution >= 0.6 is 0 Å². The van der Waals surface area contributed by atoms with Crippen LogP contribution in [0.25, 0.3) is 0 Å². The summed E-state index contributed by atoms with van der Waals surface area (Å²) in [6.07, 6.45) is 11.0. The van der Waals surface area contributed by atoms with Gasteiger partial charge >= 0.3 is 0 Å². The number of nitrogens with zero attached hydrogens (tertiary/aromatic N) is 1. The van der Waals surface area contributed by atoms with Crippen molar-refractivity contribution < 1.29 is 0 Å². The van der Waals surface area contributed by atoms with Crippen LogP contribution in [0.1, 0.15) is 46.5 Å². The highest BCUT2D eigenvalue weighted by Gasteiger charge is 1.91. The molecule has 0 aromatic carbocycles. The van der Waals surface area contributed by atoms with E-state index in [0.717, 1.165) is 5.92 Å². The Morgan fingerprint density at radius 2 is 2.00 bits per heavy atom. The minimum atomic E-state index is 0.850. The smallest absolute Gasteiger partial charge is 0.0223 e. The Bertz CT molecular complexity index is 134. The standard InChI is InChI=1S/C11H21N/c1-4-12-10-8-6-5-7-9-11(2)3/h4,8,10-11H,5-7,9H2,1-3H3/b10-8+,12-4+. The van der Waals surface area contributed by atoms with E-state index in [2.05, 4.69) is 24.9 Å². The van der Waals surface area contributed by atoms with Crippen LogP contribution < -0.4 is 0 Å². The molecular weight excluding hydrogens is 146 g/mol. The monoisotopic (exact) mass is 167 g/mol. The highest BCUT2D eigenvalue weighted by molar-refractivity contribution is 5.54. The second kappa shape index (κ2) is 8.51. The van der Waals surface area contributed by atoms with E-state index in [1.807, 2.05) is 19.3 Å². The summed E-state index contributed by atoms with van der Waals surface area (Å²) in [5.74, 6) is 0.850. The van der Waals surface area contributed by atoms with Crippen molar-refractivity contribution >= 4 is 6.21 Å². The molecular formula is C11H21N. The number of aliphatic imine (C=N–C) groups is 1. The summed E-state index contributed by atoms with van der Waals surface area (Å²) < 4.78 is 0. The lowest BCUT2D eigenvalue weighted by molar-refractivity contribution is 0.540. The molecule has 0 N–H and O–H groups in total. The fraction of sp³-hybridized carbons (Fsp3) is 0.727. The third-order valence-electron chi connectivity index (χ3n) is 1.74. The maximum atomic E-state index is 4.00. The van der Waals surface area contributed by atoms with Gasteiger partial charge in [-0.25, -0.2) is 0 Å². The van der Waals surface area contributed by atoms with E-state index >= 15 is 0 Å². The first-order valence-electron chi connectivity index (χ1n) is 4.90. The number of unbranched alkanes of at least 4 members (excludes halogenated alkanes) is 2. The van der Waals surface area contributed by atoms with Gasteiger partial charge in [-0.05, 0) is 25.7 Å². The Balaban J connectivity index is 3.10. The SMILES string of the molecule is C/C=N/C=C/CCCCC(C)C. The molecule has 0 rings (SSSR count). The van der Waals surface area contributed by atoms with Crippen LogP contribution in [-0.4, -0.2) is 6.21 Å². The van der Waals surface area contributed by atoms with E-state index in [1.165, 1.54) is 25.7 Å². The van der Waals surface area contributed by atoms with Gasteiger partial charge in [0.15, 0.2) is 0 Å². The molecule has 0 amide bonds. The number of hydrogen-bond donors (Lipinski definition) is 0. The molecule has 1 heteroatoms. The molecule has 0 radical (unpaired) electrons. The van der Waals surface area contributed by atoms with Crippen molar-refractivity contribution in [2.75, 3.05) is 0 Å². The zero-order valence-electron chi connectivity index (χ0n) is 8.59. The van der Waals surface area contributed by atoms with Crippen molar-refractivity contribution in [1.29, 1.82) is 0 Å². The number of hydrogen-bond acceptors (Lipinski definition) is 1. The van der Waals surface area contributed by atoms with Crippen molar-refractivity contribution in [2.24, 2.45) is 10.9 Å². The molecule has 1 nitrogen and oxygen atoms in total. The minimum absolute atomic E-state index is 0.850. The predicted octanol–water partition coefficient (Wildman–Crippen LogP) is 3.81. The van der Waals surface area contributed by atoms with Crippen LogP contribution in [0.2, 0.25) is 0 Å². The van der Waals surface area contributed by atoms with Crippen LogP contribution in [-0.2, 0) is 0 Å². The molecule has 0 aliphatic carbocycles. The molecule has 0 bridgehead atoms. The molecule has 0 spiro atoms. The van der Waals surface area contributed by atoms with Gasteiger partial charge in [-0.15, -0.1) is 0 Å². The fourth-order valence-corrected chi connectivity index (χ4v) is 1.04. The molecule has 0 aliphatic heterocycles. The third-order valence-corrected chi connectivity index (χ3v) is 1.74. The summed E-state index contributed by atoms with van der Waals surface area (Å²) in [7, 11) is 0. The summed E-state index contributed by atoms with van der Waals surface area (Å²) in [5, 5.41) is 0. The Kier molecular flexibility index (Phi) is 8.09. The zero-order chi connectivity index (χ0) is 9.23. The van der Waals surface area contributed by atoms with E-state index < -0.39 is 0 Å². The van der Waals surface area contributed by atoms with Crippen molar-refractivity contribution in [1.82, 2.24) is 0 Å². The summed E-state index contributed by atoms with van der Waals surface area (Å²) in [4.78, 5) is 4.00. The van der Waals surface area contributed by atoms with Gasteiger partial charge in [0, 0.05) is 12.4 Å². The van der Waals surface area contributed by atoms with Crippen LogP contribution in [0, 0.1) is 5.92 Å². The molecule has 70 valence electrons. The molecule has 0 fully saturated rings. The van der Waals surface area contributed by atoms with Gasteiger partial charge in [0.1, 0.15) is 0 Å². The first kappa shape index (κ1) is 11.4. The molecule has 0 unspecified atom stereocenters. The molecule has 0 aromatic heterocycles. The van der Waals surface area contributed by atoms with E-state index in [0.29, 0.717) is 0 Å². The minimum Gasteiger partial charge on any atom is -0.270 e. The molecule has 0 aromatic rings. The van der Waals surface area contributed by atoms with Crippen molar-refractivity contribution in [3.63, 3.8) is 0 Å². The summed E-state index contributed by atoms with van der Waals surface area (Å²) in [6, 6.07) is 0. The zero-order valence-corrected chi connectivity index (χ0v) is 8.59. The fourth-order valence-electron chi connectivity index (χ4n) is 1.04. The average Bonchev–Trinajstić information content (AvgIpc) is 2.02. The Morgan fingerprint density at radius 1 is 1.25 bits per heavy atom. The Morgan fingerprint density at radius 3 is 2.58 bits per heavy atom. The summed E-state index contributed by atoms with van der Waals surface area (Å²) >= 11 is 0. The van der Waals surface area contributed by atoms with Crippen LogP contribution in [0.5, 0.6) is 0 Å². The lowest BCUT2D eigenvalue weighted by Crippen LogP contribution is -1.85. The molecule has 0 saturated carbocycles. The number of allylic oxidation sites excluding steroid dienone is 1. The summed E-state index contributed by atoms with van der Waals surface area (Å²) in [6.45, 7) is 6.48. The molecule has 12 heavy (non-hydrogen) atoms. The first-order chi connectivity index (χ1) is 5.77. The van der Waals surface area contributed by atoms with Gasteiger partial charge in [0.2, 0.25) is 0 Å². The Labute approximate surface area is 76.6 Å². The second-order valence-corrected chi connectivity index (χ2v) is 3.47. The van der Waals surface area contributed by atoms with E-state index in [-0.39, 0.29) is 0 Å². The second-order valence-electron chi connectivity index (χ2n) is 3.47. The van der Waals surface area contributed by atoms with Crippen molar-refractivity contribution in [3.8, 4) is 0 Å². The van der Waals surface area contributed by atoms with Crippen LogP contribution in [0.3, 0.4) is 0 Å². The quantitative estimate of drug-likeness (QED) is 0.421. The van der Waals surface area contributed by atoms with E-state index in [9.17, 15) is 0 Å². The Hall–Kier alpha value is -0.590.